The molecular formula is C26H25Cl2NO3. The normalized spacial score (nSPS) is 11.1. The van der Waals surface area contributed by atoms with Gasteiger partial charge in [0.05, 0.1) is 7.11 Å². The summed E-state index contributed by atoms with van der Waals surface area (Å²) in [5.74, 6) is 1.20. The Morgan fingerprint density at radius 3 is 2.41 bits per heavy atom. The van der Waals surface area contributed by atoms with Crippen LogP contribution in [0.3, 0.4) is 0 Å². The van der Waals surface area contributed by atoms with Crippen LogP contribution in [0, 0.1) is 0 Å². The molecule has 3 aromatic rings. The van der Waals surface area contributed by atoms with E-state index >= 15 is 0 Å². The SMILES string of the molecule is COc1cc(/C=C/C(=O)Nc2ccccc2C(C)C)ccc1OCc1c(Cl)cccc1Cl. The van der Waals surface area contributed by atoms with Crippen LogP contribution in [-0.2, 0) is 11.4 Å². The number of anilines is 1. The van der Waals surface area contributed by atoms with Gasteiger partial charge in [0, 0.05) is 27.4 Å². The van der Waals surface area contributed by atoms with E-state index in [1.807, 2.05) is 30.3 Å². The smallest absolute Gasteiger partial charge is 0.248 e. The summed E-state index contributed by atoms with van der Waals surface area (Å²) in [4.78, 5) is 12.4. The molecule has 0 aliphatic heterocycles. The first-order valence-electron chi connectivity index (χ1n) is 10.2. The van der Waals surface area contributed by atoms with E-state index in [4.69, 9.17) is 32.7 Å². The predicted molar refractivity (Wildman–Crippen MR) is 132 cm³/mol. The molecule has 0 heterocycles. The molecule has 3 aromatic carbocycles. The number of rotatable bonds is 8. The Bertz CT molecular complexity index is 1110. The van der Waals surface area contributed by atoms with Gasteiger partial charge in [-0.15, -0.1) is 0 Å². The maximum absolute atomic E-state index is 12.4. The van der Waals surface area contributed by atoms with Crippen LogP contribution in [0.25, 0.3) is 6.08 Å². The fourth-order valence-corrected chi connectivity index (χ4v) is 3.69. The molecule has 0 unspecified atom stereocenters. The number of amides is 1. The van der Waals surface area contributed by atoms with Gasteiger partial charge < -0.3 is 14.8 Å². The highest BCUT2D eigenvalue weighted by Gasteiger charge is 2.10. The summed E-state index contributed by atoms with van der Waals surface area (Å²) in [6.45, 7) is 4.40. The molecule has 6 heteroatoms. The number of methoxy groups -OCH3 is 1. The van der Waals surface area contributed by atoms with Crippen molar-refractivity contribution >= 4 is 40.9 Å². The molecular weight excluding hydrogens is 445 g/mol. The molecule has 0 aliphatic carbocycles. The van der Waals surface area contributed by atoms with E-state index in [0.717, 1.165) is 16.8 Å². The Kier molecular flexibility index (Phi) is 8.20. The molecule has 0 fully saturated rings. The molecule has 0 bridgehead atoms. The number of carbonyl (C=O) groups excluding carboxylic acids is 1. The third-order valence-electron chi connectivity index (χ3n) is 4.89. The maximum Gasteiger partial charge on any atom is 0.248 e. The summed E-state index contributed by atoms with van der Waals surface area (Å²) < 4.78 is 11.3. The summed E-state index contributed by atoms with van der Waals surface area (Å²) in [6, 6.07) is 18.5. The van der Waals surface area contributed by atoms with Crippen molar-refractivity contribution < 1.29 is 14.3 Å². The first-order chi connectivity index (χ1) is 15.4. The summed E-state index contributed by atoms with van der Waals surface area (Å²) in [5, 5.41) is 4.03. The van der Waals surface area contributed by atoms with Crippen molar-refractivity contribution in [3.05, 3.63) is 93.5 Å². The largest absolute Gasteiger partial charge is 0.493 e. The van der Waals surface area contributed by atoms with Crippen molar-refractivity contribution in [1.29, 1.82) is 0 Å². The maximum atomic E-state index is 12.4. The second kappa shape index (κ2) is 11.1. The molecule has 0 atom stereocenters. The number of benzene rings is 3. The van der Waals surface area contributed by atoms with Gasteiger partial charge >= 0.3 is 0 Å². The fourth-order valence-electron chi connectivity index (χ4n) is 3.19. The predicted octanol–water partition coefficient (Wildman–Crippen LogP) is 7.36. The lowest BCUT2D eigenvalue weighted by molar-refractivity contribution is -0.111. The van der Waals surface area contributed by atoms with Crippen LogP contribution in [0.4, 0.5) is 5.69 Å². The number of para-hydroxylation sites is 1. The molecule has 0 radical (unpaired) electrons. The molecule has 0 saturated heterocycles. The second-order valence-corrected chi connectivity index (χ2v) is 8.28. The minimum Gasteiger partial charge on any atom is -0.493 e. The molecule has 4 nitrogen and oxygen atoms in total. The average Bonchev–Trinajstić information content (AvgIpc) is 2.78. The molecule has 1 N–H and O–H groups in total. The van der Waals surface area contributed by atoms with Crippen molar-refractivity contribution in [3.8, 4) is 11.5 Å². The number of carbonyl (C=O) groups is 1. The third-order valence-corrected chi connectivity index (χ3v) is 5.60. The van der Waals surface area contributed by atoms with Crippen molar-refractivity contribution in [2.45, 2.75) is 26.4 Å². The van der Waals surface area contributed by atoms with Crippen molar-refractivity contribution in [1.82, 2.24) is 0 Å². The molecule has 166 valence electrons. The second-order valence-electron chi connectivity index (χ2n) is 7.46. The first kappa shape index (κ1) is 23.7. The number of halogens is 2. The Morgan fingerprint density at radius 2 is 1.72 bits per heavy atom. The van der Waals surface area contributed by atoms with Gasteiger partial charge in [-0.25, -0.2) is 0 Å². The molecule has 0 aromatic heterocycles. The number of hydrogen-bond donors (Lipinski definition) is 1. The Balaban J connectivity index is 1.69. The van der Waals surface area contributed by atoms with Gasteiger partial charge in [0.1, 0.15) is 6.61 Å². The van der Waals surface area contributed by atoms with Crippen molar-refractivity contribution in [3.63, 3.8) is 0 Å². The van der Waals surface area contributed by atoms with Crippen LogP contribution in [0.15, 0.2) is 66.7 Å². The Hall–Kier alpha value is -2.95. The standard InChI is InChI=1S/C26H25Cl2NO3/c1-17(2)19-7-4-5-10-23(19)29-26(30)14-12-18-11-13-24(25(15-18)31-3)32-16-20-21(27)8-6-9-22(20)28/h4-15,17H,16H2,1-3H3,(H,29,30)/b14-12+. The van der Waals surface area contributed by atoms with Gasteiger partial charge in [0.15, 0.2) is 11.5 Å². The molecule has 0 spiro atoms. The average molecular weight is 470 g/mol. The van der Waals surface area contributed by atoms with Gasteiger partial charge in [0.2, 0.25) is 5.91 Å². The molecule has 1 amide bonds. The van der Waals surface area contributed by atoms with E-state index in [9.17, 15) is 4.79 Å². The first-order valence-corrected chi connectivity index (χ1v) is 11.0. The van der Waals surface area contributed by atoms with Crippen LogP contribution >= 0.6 is 23.2 Å². The fraction of sp³-hybridized carbons (Fsp3) is 0.192. The number of hydrogen-bond acceptors (Lipinski definition) is 3. The lowest BCUT2D eigenvalue weighted by atomic mass is 10.0. The topological polar surface area (TPSA) is 47.6 Å². The minimum absolute atomic E-state index is 0.203. The van der Waals surface area contributed by atoms with Crippen molar-refractivity contribution in [2.75, 3.05) is 12.4 Å². The lowest BCUT2D eigenvalue weighted by Crippen LogP contribution is -2.10. The summed E-state index contributed by atoms with van der Waals surface area (Å²) >= 11 is 12.4. The van der Waals surface area contributed by atoms with Crippen LogP contribution in [-0.4, -0.2) is 13.0 Å². The van der Waals surface area contributed by atoms with Crippen LogP contribution in [0.1, 0.15) is 36.5 Å². The highest BCUT2D eigenvalue weighted by molar-refractivity contribution is 6.35. The van der Waals surface area contributed by atoms with E-state index < -0.39 is 0 Å². The zero-order chi connectivity index (χ0) is 23.1. The Morgan fingerprint density at radius 1 is 1.00 bits per heavy atom. The summed E-state index contributed by atoms with van der Waals surface area (Å²) in [5.41, 5.74) is 3.42. The highest BCUT2D eigenvalue weighted by atomic mass is 35.5. The van der Waals surface area contributed by atoms with E-state index in [2.05, 4.69) is 19.2 Å². The van der Waals surface area contributed by atoms with E-state index in [0.29, 0.717) is 33.0 Å². The van der Waals surface area contributed by atoms with Crippen LogP contribution < -0.4 is 14.8 Å². The van der Waals surface area contributed by atoms with Gasteiger partial charge in [-0.1, -0.05) is 67.4 Å². The third kappa shape index (κ3) is 6.06. The molecule has 32 heavy (non-hydrogen) atoms. The molecule has 0 saturated carbocycles. The molecule has 0 aliphatic rings. The monoisotopic (exact) mass is 469 g/mol. The van der Waals surface area contributed by atoms with E-state index in [1.54, 1.807) is 43.5 Å². The zero-order valence-electron chi connectivity index (χ0n) is 18.2. The summed E-state index contributed by atoms with van der Waals surface area (Å²) in [6.07, 6.45) is 3.22. The van der Waals surface area contributed by atoms with Gasteiger partial charge in [-0.05, 0) is 53.5 Å². The van der Waals surface area contributed by atoms with Crippen LogP contribution in [0.2, 0.25) is 10.0 Å². The van der Waals surface area contributed by atoms with Gasteiger partial charge in [0.25, 0.3) is 0 Å². The zero-order valence-corrected chi connectivity index (χ0v) is 19.7. The van der Waals surface area contributed by atoms with E-state index in [-0.39, 0.29) is 12.5 Å². The summed E-state index contributed by atoms with van der Waals surface area (Å²) in [7, 11) is 1.56. The lowest BCUT2D eigenvalue weighted by Gasteiger charge is -2.13. The van der Waals surface area contributed by atoms with Gasteiger partial charge in [-0.2, -0.15) is 0 Å². The quantitative estimate of drug-likeness (QED) is 0.350. The van der Waals surface area contributed by atoms with Gasteiger partial charge in [-0.3, -0.25) is 4.79 Å². The van der Waals surface area contributed by atoms with Crippen molar-refractivity contribution in [2.24, 2.45) is 0 Å². The highest BCUT2D eigenvalue weighted by Crippen LogP contribution is 2.32. The van der Waals surface area contributed by atoms with Crippen LogP contribution in [0.5, 0.6) is 11.5 Å². The van der Waals surface area contributed by atoms with E-state index in [1.165, 1.54) is 6.08 Å². The Labute approximate surface area is 198 Å². The molecule has 3 rings (SSSR count). The number of ether oxygens (including phenoxy) is 2. The number of nitrogens with one attached hydrogen (secondary N) is 1. The minimum atomic E-state index is -0.203.